The third-order valence-corrected chi connectivity index (χ3v) is 5.88. The average Bonchev–Trinajstić information content (AvgIpc) is 2.93. The van der Waals surface area contributed by atoms with Crippen LogP contribution >= 0.6 is 11.8 Å². The minimum absolute atomic E-state index is 0.170. The van der Waals surface area contributed by atoms with Gasteiger partial charge in [-0.3, -0.25) is 0 Å². The highest BCUT2D eigenvalue weighted by atomic mass is 32.2. The molecular formula is C15H27NO2S. The third kappa shape index (κ3) is 3.87. The molecule has 3 fully saturated rings. The molecule has 0 radical (unpaired) electrons. The van der Waals surface area contributed by atoms with Crippen molar-refractivity contribution in [2.24, 2.45) is 5.92 Å². The molecule has 0 aromatic carbocycles. The first-order valence-corrected chi connectivity index (χ1v) is 9.06. The molecule has 3 heterocycles. The van der Waals surface area contributed by atoms with E-state index >= 15 is 0 Å². The quantitative estimate of drug-likeness (QED) is 0.859. The van der Waals surface area contributed by atoms with Crippen molar-refractivity contribution in [1.82, 2.24) is 5.32 Å². The molecular weight excluding hydrogens is 258 g/mol. The lowest BCUT2D eigenvalue weighted by Crippen LogP contribution is -2.45. The second kappa shape index (κ2) is 6.79. The summed E-state index contributed by atoms with van der Waals surface area (Å²) in [6, 6.07) is 0. The second-order valence-corrected chi connectivity index (χ2v) is 7.50. The SMILES string of the molecule is C1CC(CCOC2CCOC3(CCSCC3)C2)CN1. The van der Waals surface area contributed by atoms with Crippen molar-refractivity contribution in [3.05, 3.63) is 0 Å². The lowest BCUT2D eigenvalue weighted by atomic mass is 9.86. The smallest absolute Gasteiger partial charge is 0.0723 e. The van der Waals surface area contributed by atoms with Crippen molar-refractivity contribution in [3.8, 4) is 0 Å². The molecule has 3 saturated heterocycles. The van der Waals surface area contributed by atoms with Crippen LogP contribution in [-0.4, -0.2) is 49.5 Å². The summed E-state index contributed by atoms with van der Waals surface area (Å²) in [6.45, 7) is 4.24. The Balaban J connectivity index is 1.40. The molecule has 1 spiro atoms. The highest BCUT2D eigenvalue weighted by Gasteiger charge is 2.39. The van der Waals surface area contributed by atoms with Gasteiger partial charge in [-0.05, 0) is 62.6 Å². The summed E-state index contributed by atoms with van der Waals surface area (Å²) < 4.78 is 12.3. The van der Waals surface area contributed by atoms with E-state index in [1.165, 1.54) is 50.3 Å². The summed E-state index contributed by atoms with van der Waals surface area (Å²) in [4.78, 5) is 0. The fraction of sp³-hybridized carbons (Fsp3) is 1.00. The van der Waals surface area contributed by atoms with Gasteiger partial charge in [0.15, 0.2) is 0 Å². The van der Waals surface area contributed by atoms with Crippen molar-refractivity contribution in [3.63, 3.8) is 0 Å². The van der Waals surface area contributed by atoms with E-state index in [9.17, 15) is 0 Å². The minimum atomic E-state index is 0.170. The van der Waals surface area contributed by atoms with Crippen LogP contribution in [0.3, 0.4) is 0 Å². The molecule has 19 heavy (non-hydrogen) atoms. The van der Waals surface area contributed by atoms with Crippen molar-refractivity contribution in [1.29, 1.82) is 0 Å². The van der Waals surface area contributed by atoms with Gasteiger partial charge in [-0.15, -0.1) is 0 Å². The second-order valence-electron chi connectivity index (χ2n) is 6.28. The lowest BCUT2D eigenvalue weighted by Gasteiger charge is -2.43. The van der Waals surface area contributed by atoms with Crippen molar-refractivity contribution >= 4 is 11.8 Å². The molecule has 2 atom stereocenters. The molecule has 3 aliphatic heterocycles. The Labute approximate surface area is 121 Å². The van der Waals surface area contributed by atoms with Gasteiger partial charge in [-0.2, -0.15) is 11.8 Å². The number of hydrogen-bond donors (Lipinski definition) is 1. The van der Waals surface area contributed by atoms with Gasteiger partial charge in [-0.25, -0.2) is 0 Å². The maximum absolute atomic E-state index is 6.16. The van der Waals surface area contributed by atoms with Crippen LogP contribution in [0.4, 0.5) is 0 Å². The van der Waals surface area contributed by atoms with E-state index in [2.05, 4.69) is 17.1 Å². The molecule has 2 unspecified atom stereocenters. The zero-order chi connectivity index (χ0) is 13.0. The molecule has 4 heteroatoms. The fourth-order valence-corrected chi connectivity index (χ4v) is 4.82. The predicted molar refractivity (Wildman–Crippen MR) is 79.8 cm³/mol. The van der Waals surface area contributed by atoms with Crippen LogP contribution in [0.15, 0.2) is 0 Å². The Bertz CT molecular complexity index is 270. The number of thioether (sulfide) groups is 1. The summed E-state index contributed by atoms with van der Waals surface area (Å²) in [5.41, 5.74) is 0.170. The van der Waals surface area contributed by atoms with Gasteiger partial charge < -0.3 is 14.8 Å². The predicted octanol–water partition coefficient (Wildman–Crippen LogP) is 2.45. The van der Waals surface area contributed by atoms with Crippen molar-refractivity contribution in [2.45, 2.75) is 50.2 Å². The molecule has 110 valence electrons. The average molecular weight is 285 g/mol. The third-order valence-electron chi connectivity index (χ3n) is 4.89. The molecule has 0 amide bonds. The molecule has 3 aliphatic rings. The van der Waals surface area contributed by atoms with E-state index in [1.54, 1.807) is 0 Å². The summed E-state index contributed by atoms with van der Waals surface area (Å²) in [6.07, 6.45) is 7.69. The lowest BCUT2D eigenvalue weighted by molar-refractivity contribution is -0.138. The molecule has 0 aromatic heterocycles. The van der Waals surface area contributed by atoms with Crippen LogP contribution in [0, 0.1) is 5.92 Å². The van der Waals surface area contributed by atoms with E-state index < -0.39 is 0 Å². The first kappa shape index (κ1) is 14.2. The summed E-state index contributed by atoms with van der Waals surface area (Å²) in [5.74, 6) is 3.38. The van der Waals surface area contributed by atoms with Crippen LogP contribution in [0.25, 0.3) is 0 Å². The van der Waals surface area contributed by atoms with Crippen molar-refractivity contribution in [2.75, 3.05) is 37.8 Å². The fourth-order valence-electron chi connectivity index (χ4n) is 3.58. The molecule has 0 aromatic rings. The zero-order valence-electron chi connectivity index (χ0n) is 11.9. The first-order valence-electron chi connectivity index (χ1n) is 7.90. The summed E-state index contributed by atoms with van der Waals surface area (Å²) >= 11 is 2.07. The Morgan fingerprint density at radius 3 is 2.95 bits per heavy atom. The van der Waals surface area contributed by atoms with Gasteiger partial charge in [-0.1, -0.05) is 0 Å². The molecule has 3 nitrogen and oxygen atoms in total. The van der Waals surface area contributed by atoms with Gasteiger partial charge in [0.25, 0.3) is 0 Å². The normalized spacial score (nSPS) is 34.7. The van der Waals surface area contributed by atoms with Gasteiger partial charge in [0.1, 0.15) is 0 Å². The van der Waals surface area contributed by atoms with E-state index in [1.807, 2.05) is 0 Å². The van der Waals surface area contributed by atoms with Gasteiger partial charge in [0.2, 0.25) is 0 Å². The van der Waals surface area contributed by atoms with Gasteiger partial charge in [0, 0.05) is 19.6 Å². The standard InChI is InChI=1S/C15H27NO2S/c1-6-16-12-13(1)2-7-17-14-3-8-18-15(11-14)4-9-19-10-5-15/h13-14,16H,1-12H2. The molecule has 0 bridgehead atoms. The summed E-state index contributed by atoms with van der Waals surface area (Å²) in [7, 11) is 0. The monoisotopic (exact) mass is 285 g/mol. The van der Waals surface area contributed by atoms with E-state index in [0.29, 0.717) is 6.10 Å². The van der Waals surface area contributed by atoms with Crippen LogP contribution in [0.2, 0.25) is 0 Å². The zero-order valence-corrected chi connectivity index (χ0v) is 12.7. The number of ether oxygens (including phenoxy) is 2. The van der Waals surface area contributed by atoms with E-state index in [-0.39, 0.29) is 5.60 Å². The van der Waals surface area contributed by atoms with Crippen LogP contribution in [-0.2, 0) is 9.47 Å². The molecule has 0 aliphatic carbocycles. The molecule has 0 saturated carbocycles. The minimum Gasteiger partial charge on any atom is -0.378 e. The largest absolute Gasteiger partial charge is 0.378 e. The first-order chi connectivity index (χ1) is 9.36. The van der Waals surface area contributed by atoms with E-state index in [0.717, 1.165) is 32.0 Å². The van der Waals surface area contributed by atoms with Crippen LogP contribution in [0.5, 0.6) is 0 Å². The molecule has 3 rings (SSSR count). The number of rotatable bonds is 4. The van der Waals surface area contributed by atoms with Gasteiger partial charge in [0.05, 0.1) is 11.7 Å². The maximum atomic E-state index is 6.16. The maximum Gasteiger partial charge on any atom is 0.0723 e. The molecule has 1 N–H and O–H groups in total. The van der Waals surface area contributed by atoms with E-state index in [4.69, 9.17) is 9.47 Å². The number of hydrogen-bond acceptors (Lipinski definition) is 4. The number of nitrogens with one attached hydrogen (secondary N) is 1. The van der Waals surface area contributed by atoms with Gasteiger partial charge >= 0.3 is 0 Å². The van der Waals surface area contributed by atoms with Crippen molar-refractivity contribution < 1.29 is 9.47 Å². The Hall–Kier alpha value is 0.230. The Kier molecular flexibility index (Phi) is 5.07. The highest BCUT2D eigenvalue weighted by Crippen LogP contribution is 2.38. The van der Waals surface area contributed by atoms with Crippen LogP contribution in [0.1, 0.15) is 38.5 Å². The topological polar surface area (TPSA) is 30.5 Å². The highest BCUT2D eigenvalue weighted by molar-refractivity contribution is 7.99. The Morgan fingerprint density at radius 1 is 1.26 bits per heavy atom. The van der Waals surface area contributed by atoms with Crippen LogP contribution < -0.4 is 5.32 Å². The Morgan fingerprint density at radius 2 is 2.16 bits per heavy atom. The summed E-state index contributed by atoms with van der Waals surface area (Å²) in [5, 5.41) is 3.43.